The van der Waals surface area contributed by atoms with Crippen LogP contribution in [0.1, 0.15) is 31.9 Å². The average molecular weight is 529 g/mol. The van der Waals surface area contributed by atoms with Gasteiger partial charge in [0.15, 0.2) is 0 Å². The molecule has 38 heavy (non-hydrogen) atoms. The fourth-order valence-electron chi connectivity index (χ4n) is 4.92. The Morgan fingerprint density at radius 2 is 1.55 bits per heavy atom. The number of carbonyl (C=O) groups is 2. The summed E-state index contributed by atoms with van der Waals surface area (Å²) in [6, 6.07) is 26.3. The standard InChI is InChI=1S/C30H28N2O5S/c1-3-37-26-16-14-25(15-17-26)31-29(33)20-28(30(31)34)32(21(2)22-9-5-4-6-10-22)38(35,36)27-18-13-23-11-7-8-12-24(23)19-27/h4-19,21,28H,3,20H2,1-2H3. The second kappa shape index (κ2) is 10.4. The van der Waals surface area contributed by atoms with Gasteiger partial charge in [-0.3, -0.25) is 9.59 Å². The smallest absolute Gasteiger partial charge is 0.252 e. The van der Waals surface area contributed by atoms with Gasteiger partial charge < -0.3 is 4.74 Å². The van der Waals surface area contributed by atoms with Crippen molar-refractivity contribution in [2.45, 2.75) is 37.2 Å². The molecule has 7 nitrogen and oxygen atoms in total. The van der Waals surface area contributed by atoms with Gasteiger partial charge in [0, 0.05) is 6.04 Å². The zero-order valence-electron chi connectivity index (χ0n) is 21.2. The van der Waals surface area contributed by atoms with Crippen molar-refractivity contribution in [3.63, 3.8) is 0 Å². The van der Waals surface area contributed by atoms with E-state index in [1.165, 1.54) is 4.31 Å². The molecule has 0 aliphatic carbocycles. The highest BCUT2D eigenvalue weighted by Gasteiger charge is 2.49. The Balaban J connectivity index is 1.57. The molecule has 0 bridgehead atoms. The fraction of sp³-hybridized carbons (Fsp3) is 0.200. The minimum Gasteiger partial charge on any atom is -0.494 e. The maximum absolute atomic E-state index is 14.2. The van der Waals surface area contributed by atoms with Gasteiger partial charge in [0.1, 0.15) is 11.8 Å². The second-order valence-corrected chi connectivity index (χ2v) is 11.0. The van der Waals surface area contributed by atoms with Gasteiger partial charge in [-0.1, -0.05) is 60.7 Å². The summed E-state index contributed by atoms with van der Waals surface area (Å²) in [5.41, 5.74) is 1.10. The summed E-state index contributed by atoms with van der Waals surface area (Å²) in [4.78, 5) is 28.1. The Morgan fingerprint density at radius 3 is 2.24 bits per heavy atom. The Bertz CT molecular complexity index is 1590. The monoisotopic (exact) mass is 528 g/mol. The molecule has 0 spiro atoms. The quantitative estimate of drug-likeness (QED) is 0.289. The molecule has 2 atom stereocenters. The normalized spacial score (nSPS) is 16.8. The van der Waals surface area contributed by atoms with Crippen LogP contribution in [0.15, 0.2) is 102 Å². The van der Waals surface area contributed by atoms with E-state index in [1.807, 2.05) is 61.5 Å². The highest BCUT2D eigenvalue weighted by Crippen LogP contribution is 2.36. The molecule has 194 valence electrons. The Morgan fingerprint density at radius 1 is 0.895 bits per heavy atom. The molecule has 1 aliphatic heterocycles. The third-order valence-corrected chi connectivity index (χ3v) is 8.77. The van der Waals surface area contributed by atoms with E-state index >= 15 is 0 Å². The van der Waals surface area contributed by atoms with E-state index in [-0.39, 0.29) is 11.3 Å². The van der Waals surface area contributed by atoms with E-state index in [4.69, 9.17) is 4.74 Å². The Labute approximate surface area is 222 Å². The van der Waals surface area contributed by atoms with Crippen LogP contribution in [0.4, 0.5) is 5.69 Å². The van der Waals surface area contributed by atoms with Crippen molar-refractivity contribution < 1.29 is 22.7 Å². The third kappa shape index (κ3) is 4.68. The molecule has 0 radical (unpaired) electrons. The van der Waals surface area contributed by atoms with E-state index < -0.39 is 33.9 Å². The molecule has 1 fully saturated rings. The van der Waals surface area contributed by atoms with Crippen molar-refractivity contribution in [1.29, 1.82) is 0 Å². The predicted octanol–water partition coefficient (Wildman–Crippen LogP) is 5.32. The van der Waals surface area contributed by atoms with Gasteiger partial charge in [-0.05, 0) is 66.6 Å². The molecule has 4 aromatic carbocycles. The predicted molar refractivity (Wildman–Crippen MR) is 146 cm³/mol. The van der Waals surface area contributed by atoms with Gasteiger partial charge in [-0.15, -0.1) is 0 Å². The van der Waals surface area contributed by atoms with Gasteiger partial charge >= 0.3 is 0 Å². The summed E-state index contributed by atoms with van der Waals surface area (Å²) in [6.45, 7) is 4.09. The van der Waals surface area contributed by atoms with Crippen molar-refractivity contribution in [3.05, 3.63) is 103 Å². The SMILES string of the molecule is CCOc1ccc(N2C(=O)CC(N(C(C)c3ccccc3)S(=O)(=O)c3ccc4ccccc4c3)C2=O)cc1. The number of rotatable bonds is 8. The summed E-state index contributed by atoms with van der Waals surface area (Å²) < 4.78 is 35.1. The topological polar surface area (TPSA) is 84.0 Å². The maximum atomic E-state index is 14.2. The van der Waals surface area contributed by atoms with Crippen LogP contribution < -0.4 is 9.64 Å². The van der Waals surface area contributed by atoms with Gasteiger partial charge in [0.25, 0.3) is 5.91 Å². The number of imide groups is 1. The number of sulfonamides is 1. The second-order valence-electron chi connectivity index (χ2n) is 9.14. The van der Waals surface area contributed by atoms with Gasteiger partial charge in [0.05, 0.1) is 23.6 Å². The van der Waals surface area contributed by atoms with Gasteiger partial charge in [-0.25, -0.2) is 13.3 Å². The molecular weight excluding hydrogens is 500 g/mol. The summed E-state index contributed by atoms with van der Waals surface area (Å²) in [5, 5.41) is 1.67. The lowest BCUT2D eigenvalue weighted by molar-refractivity contribution is -0.122. The number of hydrogen-bond donors (Lipinski definition) is 0. The molecule has 1 saturated heterocycles. The number of benzene rings is 4. The molecular formula is C30H28N2O5S. The van der Waals surface area contributed by atoms with E-state index in [2.05, 4.69) is 0 Å². The van der Waals surface area contributed by atoms with Crippen LogP contribution in [-0.2, 0) is 19.6 Å². The molecule has 1 heterocycles. The first-order valence-corrected chi connectivity index (χ1v) is 13.9. The van der Waals surface area contributed by atoms with Gasteiger partial charge in [0.2, 0.25) is 15.9 Å². The lowest BCUT2D eigenvalue weighted by Crippen LogP contribution is -2.46. The van der Waals surface area contributed by atoms with E-state index in [0.29, 0.717) is 18.0 Å². The number of fused-ring (bicyclic) bond motifs is 1. The van der Waals surface area contributed by atoms with E-state index in [1.54, 1.807) is 49.4 Å². The van der Waals surface area contributed by atoms with Crippen molar-refractivity contribution in [3.8, 4) is 5.75 Å². The van der Waals surface area contributed by atoms with Crippen LogP contribution in [-0.4, -0.2) is 37.2 Å². The van der Waals surface area contributed by atoms with Crippen LogP contribution >= 0.6 is 0 Å². The van der Waals surface area contributed by atoms with Crippen LogP contribution in [0.5, 0.6) is 5.75 Å². The third-order valence-electron chi connectivity index (χ3n) is 6.80. The number of carbonyl (C=O) groups excluding carboxylic acids is 2. The van der Waals surface area contributed by atoms with Crippen LogP contribution in [0, 0.1) is 0 Å². The first-order valence-electron chi connectivity index (χ1n) is 12.5. The first kappa shape index (κ1) is 25.6. The molecule has 5 rings (SSSR count). The van der Waals surface area contributed by atoms with Crippen molar-refractivity contribution in [2.75, 3.05) is 11.5 Å². The fourth-order valence-corrected chi connectivity index (χ4v) is 6.71. The number of hydrogen-bond acceptors (Lipinski definition) is 5. The van der Waals surface area contributed by atoms with E-state index in [9.17, 15) is 18.0 Å². The number of amides is 2. The van der Waals surface area contributed by atoms with Crippen molar-refractivity contribution in [2.24, 2.45) is 0 Å². The summed E-state index contributed by atoms with van der Waals surface area (Å²) in [5.74, 6) is -0.417. The number of anilines is 1. The van der Waals surface area contributed by atoms with Crippen molar-refractivity contribution in [1.82, 2.24) is 4.31 Å². The van der Waals surface area contributed by atoms with E-state index in [0.717, 1.165) is 21.2 Å². The largest absolute Gasteiger partial charge is 0.494 e. The molecule has 2 unspecified atom stereocenters. The van der Waals surface area contributed by atoms with Crippen LogP contribution in [0.25, 0.3) is 10.8 Å². The summed E-state index contributed by atoms with van der Waals surface area (Å²) >= 11 is 0. The lowest BCUT2D eigenvalue weighted by atomic mass is 10.1. The zero-order valence-corrected chi connectivity index (χ0v) is 22.0. The Kier molecular flexibility index (Phi) is 7.01. The highest BCUT2D eigenvalue weighted by atomic mass is 32.2. The number of nitrogens with zero attached hydrogens (tertiary/aromatic N) is 2. The molecule has 4 aromatic rings. The number of ether oxygens (including phenoxy) is 1. The highest BCUT2D eigenvalue weighted by molar-refractivity contribution is 7.89. The molecule has 1 aliphatic rings. The lowest BCUT2D eigenvalue weighted by Gasteiger charge is -2.32. The molecule has 8 heteroatoms. The summed E-state index contributed by atoms with van der Waals surface area (Å²) in [6.07, 6.45) is -0.254. The van der Waals surface area contributed by atoms with Crippen molar-refractivity contribution >= 4 is 38.3 Å². The van der Waals surface area contributed by atoms with Crippen LogP contribution in [0.3, 0.4) is 0 Å². The zero-order chi connectivity index (χ0) is 26.9. The molecule has 2 amide bonds. The first-order chi connectivity index (χ1) is 18.3. The average Bonchev–Trinajstić information content (AvgIpc) is 3.22. The van der Waals surface area contributed by atoms with Crippen LogP contribution in [0.2, 0.25) is 0 Å². The minimum atomic E-state index is -4.19. The minimum absolute atomic E-state index is 0.0683. The van der Waals surface area contributed by atoms with Gasteiger partial charge in [-0.2, -0.15) is 4.31 Å². The molecule has 0 N–H and O–H groups in total. The molecule has 0 saturated carbocycles. The Hall–Kier alpha value is -4.01. The summed E-state index contributed by atoms with van der Waals surface area (Å²) in [7, 11) is -4.19. The molecule has 0 aromatic heterocycles. The maximum Gasteiger partial charge on any atom is 0.252 e.